The topological polar surface area (TPSA) is 83.6 Å². The zero-order valence-electron chi connectivity index (χ0n) is 8.31. The van der Waals surface area contributed by atoms with Gasteiger partial charge in [-0.3, -0.25) is 4.57 Å². The average Bonchev–Trinajstić information content (AvgIpc) is 2.01. The van der Waals surface area contributed by atoms with E-state index in [1.165, 1.54) is 0 Å². The summed E-state index contributed by atoms with van der Waals surface area (Å²) in [6.45, 7) is 3.99. The molecule has 0 aliphatic heterocycles. The zero-order chi connectivity index (χ0) is 10.5. The molecule has 0 amide bonds. The molecule has 0 rings (SSSR count). The first-order valence-corrected chi connectivity index (χ1v) is 6.42. The zero-order valence-corrected chi connectivity index (χ0v) is 9.20. The van der Waals surface area contributed by atoms with Crippen molar-refractivity contribution in [3.63, 3.8) is 0 Å². The molecule has 0 aromatic rings. The predicted octanol–water partition coefficient (Wildman–Crippen LogP) is 1.67. The molecule has 0 unspecified atom stereocenters. The van der Waals surface area contributed by atoms with E-state index >= 15 is 0 Å². The summed E-state index contributed by atoms with van der Waals surface area (Å²) in [7, 11) is -4.09. The maximum Gasteiger partial charge on any atom is 0.342 e. The Balaban J connectivity index is 4.27. The Morgan fingerprint density at radius 3 is 1.85 bits per heavy atom. The van der Waals surface area contributed by atoms with Crippen LogP contribution in [0.15, 0.2) is 0 Å². The van der Waals surface area contributed by atoms with Crippen LogP contribution in [0.2, 0.25) is 0 Å². The highest BCUT2D eigenvalue weighted by atomic mass is 31.2. The van der Waals surface area contributed by atoms with Gasteiger partial charge in [0.1, 0.15) is 5.78 Å². The van der Waals surface area contributed by atoms with Gasteiger partial charge in [-0.1, -0.05) is 26.7 Å². The SMILES string of the molecule is CCCC(CCC)[C@H](N)P(=O)(O)O. The third-order valence-corrected chi connectivity index (χ3v) is 3.39. The molecule has 0 radical (unpaired) electrons. The quantitative estimate of drug-likeness (QED) is 0.581. The number of rotatable bonds is 6. The second-order valence-electron chi connectivity index (χ2n) is 3.42. The molecule has 0 aromatic heterocycles. The van der Waals surface area contributed by atoms with Gasteiger partial charge in [0.05, 0.1) is 0 Å². The van der Waals surface area contributed by atoms with Crippen molar-refractivity contribution in [3.05, 3.63) is 0 Å². The molecule has 0 spiro atoms. The number of nitrogens with two attached hydrogens (primary N) is 1. The van der Waals surface area contributed by atoms with Gasteiger partial charge in [0.25, 0.3) is 0 Å². The maximum atomic E-state index is 10.9. The van der Waals surface area contributed by atoms with Gasteiger partial charge < -0.3 is 15.5 Å². The first-order valence-electron chi connectivity index (χ1n) is 4.74. The lowest BCUT2D eigenvalue weighted by Gasteiger charge is -2.23. The van der Waals surface area contributed by atoms with Crippen LogP contribution in [-0.2, 0) is 4.57 Å². The second-order valence-corrected chi connectivity index (χ2v) is 5.19. The molecule has 0 aliphatic carbocycles. The molecule has 80 valence electrons. The number of hydrogen-bond donors (Lipinski definition) is 3. The van der Waals surface area contributed by atoms with Crippen LogP contribution >= 0.6 is 7.60 Å². The lowest BCUT2D eigenvalue weighted by Crippen LogP contribution is -2.29. The molecule has 0 heterocycles. The third kappa shape index (κ3) is 4.77. The van der Waals surface area contributed by atoms with E-state index in [-0.39, 0.29) is 5.92 Å². The molecule has 0 aliphatic rings. The molecule has 13 heavy (non-hydrogen) atoms. The van der Waals surface area contributed by atoms with Crippen molar-refractivity contribution in [1.29, 1.82) is 0 Å². The van der Waals surface area contributed by atoms with Crippen LogP contribution in [0.4, 0.5) is 0 Å². The predicted molar refractivity (Wildman–Crippen MR) is 53.3 cm³/mol. The Kier molecular flexibility index (Phi) is 5.81. The summed E-state index contributed by atoms with van der Waals surface area (Å²) in [5, 5.41) is 0. The summed E-state index contributed by atoms with van der Waals surface area (Å²) >= 11 is 0. The fourth-order valence-electron chi connectivity index (χ4n) is 1.50. The molecule has 0 saturated heterocycles. The summed E-state index contributed by atoms with van der Waals surface area (Å²) in [6, 6.07) is 0. The monoisotopic (exact) mass is 209 g/mol. The molecule has 0 aromatic carbocycles. The van der Waals surface area contributed by atoms with Crippen molar-refractivity contribution in [1.82, 2.24) is 0 Å². The van der Waals surface area contributed by atoms with Crippen molar-refractivity contribution in [2.45, 2.75) is 45.3 Å². The van der Waals surface area contributed by atoms with Gasteiger partial charge >= 0.3 is 7.60 Å². The summed E-state index contributed by atoms with van der Waals surface area (Å²) in [5.41, 5.74) is 5.50. The van der Waals surface area contributed by atoms with Crippen LogP contribution < -0.4 is 5.73 Å². The molecular weight excluding hydrogens is 189 g/mol. The highest BCUT2D eigenvalue weighted by Gasteiger charge is 2.31. The molecule has 0 fully saturated rings. The Morgan fingerprint density at radius 1 is 1.23 bits per heavy atom. The van der Waals surface area contributed by atoms with Gasteiger partial charge in [-0.25, -0.2) is 0 Å². The summed E-state index contributed by atoms with van der Waals surface area (Å²) in [6.07, 6.45) is 3.41. The minimum absolute atomic E-state index is 0.0455. The van der Waals surface area contributed by atoms with E-state index in [1.54, 1.807) is 0 Å². The minimum Gasteiger partial charge on any atom is -0.323 e. The van der Waals surface area contributed by atoms with Gasteiger partial charge in [0.2, 0.25) is 0 Å². The lowest BCUT2D eigenvalue weighted by atomic mass is 9.98. The van der Waals surface area contributed by atoms with Crippen LogP contribution in [0.1, 0.15) is 39.5 Å². The normalized spacial score (nSPS) is 14.9. The highest BCUT2D eigenvalue weighted by Crippen LogP contribution is 2.44. The van der Waals surface area contributed by atoms with E-state index in [0.717, 1.165) is 25.7 Å². The van der Waals surface area contributed by atoms with Gasteiger partial charge in [-0.2, -0.15) is 0 Å². The van der Waals surface area contributed by atoms with Crippen molar-refractivity contribution in [2.75, 3.05) is 0 Å². The van der Waals surface area contributed by atoms with E-state index in [9.17, 15) is 4.57 Å². The van der Waals surface area contributed by atoms with Crippen LogP contribution in [0.5, 0.6) is 0 Å². The molecule has 5 heteroatoms. The Morgan fingerprint density at radius 2 is 1.62 bits per heavy atom. The van der Waals surface area contributed by atoms with E-state index in [1.807, 2.05) is 13.8 Å². The van der Waals surface area contributed by atoms with Gasteiger partial charge in [-0.15, -0.1) is 0 Å². The summed E-state index contributed by atoms with van der Waals surface area (Å²) < 4.78 is 10.9. The van der Waals surface area contributed by atoms with Crippen molar-refractivity contribution < 1.29 is 14.4 Å². The lowest BCUT2D eigenvalue weighted by molar-refractivity contribution is 0.318. The molecule has 0 saturated carbocycles. The summed E-state index contributed by atoms with van der Waals surface area (Å²) in [5.74, 6) is -1.02. The Bertz CT molecular complexity index is 174. The molecule has 0 bridgehead atoms. The van der Waals surface area contributed by atoms with Crippen LogP contribution in [0.3, 0.4) is 0 Å². The van der Waals surface area contributed by atoms with E-state index in [2.05, 4.69) is 0 Å². The fourth-order valence-corrected chi connectivity index (χ4v) is 2.35. The molecule has 4 N–H and O–H groups in total. The minimum atomic E-state index is -4.09. The average molecular weight is 209 g/mol. The second kappa shape index (κ2) is 5.76. The smallest absolute Gasteiger partial charge is 0.323 e. The maximum absolute atomic E-state index is 10.9. The highest BCUT2D eigenvalue weighted by molar-refractivity contribution is 7.52. The molecular formula is C8H20NO3P. The fraction of sp³-hybridized carbons (Fsp3) is 1.00. The Hall–Kier alpha value is 0.110. The van der Waals surface area contributed by atoms with Gasteiger partial charge in [-0.05, 0) is 18.8 Å². The van der Waals surface area contributed by atoms with Gasteiger partial charge in [0.15, 0.2) is 0 Å². The van der Waals surface area contributed by atoms with Crippen LogP contribution in [0.25, 0.3) is 0 Å². The van der Waals surface area contributed by atoms with Crippen molar-refractivity contribution >= 4 is 7.60 Å². The first kappa shape index (κ1) is 13.1. The van der Waals surface area contributed by atoms with E-state index in [4.69, 9.17) is 15.5 Å². The van der Waals surface area contributed by atoms with Gasteiger partial charge in [0, 0.05) is 0 Å². The van der Waals surface area contributed by atoms with E-state index < -0.39 is 13.4 Å². The summed E-state index contributed by atoms with van der Waals surface area (Å²) in [4.78, 5) is 17.8. The number of hydrogen-bond acceptors (Lipinski definition) is 2. The van der Waals surface area contributed by atoms with Crippen molar-refractivity contribution in [3.8, 4) is 0 Å². The van der Waals surface area contributed by atoms with Crippen LogP contribution in [0, 0.1) is 5.92 Å². The Labute approximate surface area is 79.7 Å². The van der Waals surface area contributed by atoms with E-state index in [0.29, 0.717) is 0 Å². The van der Waals surface area contributed by atoms with Crippen LogP contribution in [-0.4, -0.2) is 15.6 Å². The largest absolute Gasteiger partial charge is 0.342 e. The standard InChI is InChI=1S/C8H20NO3P/c1-3-5-7(6-4-2)8(9)13(10,11)12/h7-8H,3-6,9H2,1-2H3,(H2,10,11,12)/t8-/m1/s1. The third-order valence-electron chi connectivity index (χ3n) is 2.19. The van der Waals surface area contributed by atoms with Crippen molar-refractivity contribution in [2.24, 2.45) is 11.7 Å². The first-order chi connectivity index (χ1) is 5.93. The molecule has 1 atom stereocenters. The molecule has 4 nitrogen and oxygen atoms in total.